The van der Waals surface area contributed by atoms with Crippen LogP contribution in [0.25, 0.3) is 0 Å². The molecule has 1 saturated heterocycles. The maximum Gasteiger partial charge on any atom is 0.410 e. The van der Waals surface area contributed by atoms with E-state index in [9.17, 15) is 9.59 Å². The summed E-state index contributed by atoms with van der Waals surface area (Å²) in [7, 11) is 0. The molecule has 3 rings (SSSR count). The molecular formula is C22H25NO4. The van der Waals surface area contributed by atoms with Crippen molar-refractivity contribution in [2.75, 3.05) is 6.61 Å². The summed E-state index contributed by atoms with van der Waals surface area (Å²) in [6.45, 7) is 4.26. The molecule has 5 nitrogen and oxygen atoms in total. The van der Waals surface area contributed by atoms with E-state index in [-0.39, 0.29) is 24.7 Å². The van der Waals surface area contributed by atoms with Gasteiger partial charge in [-0.3, -0.25) is 9.69 Å². The zero-order valence-corrected chi connectivity index (χ0v) is 15.7. The summed E-state index contributed by atoms with van der Waals surface area (Å²) in [6, 6.07) is 18.7. The second-order valence-corrected chi connectivity index (χ2v) is 6.75. The predicted octanol–water partition coefficient (Wildman–Crippen LogP) is 4.34. The molecule has 0 aromatic heterocycles. The first-order valence-corrected chi connectivity index (χ1v) is 9.32. The standard InChI is InChI=1S/C22H25NO4/c1-3-26-21(24)19-14-16(2)23(20(19)18-12-8-5-9-13-18)22(25)27-15-17-10-6-4-7-11-17/h4-13,16,19-20H,3,14-15H2,1-2H3/t16-,19-,20+/m1/s1. The number of ether oxygens (including phenoxy) is 2. The summed E-state index contributed by atoms with van der Waals surface area (Å²) in [5.41, 5.74) is 1.84. The molecule has 0 radical (unpaired) electrons. The molecule has 2 aromatic carbocycles. The molecule has 0 spiro atoms. The fourth-order valence-corrected chi connectivity index (χ4v) is 3.68. The van der Waals surface area contributed by atoms with Crippen molar-refractivity contribution in [3.8, 4) is 0 Å². The Balaban J connectivity index is 1.82. The third-order valence-electron chi connectivity index (χ3n) is 4.90. The summed E-state index contributed by atoms with van der Waals surface area (Å²) < 4.78 is 10.8. The molecule has 5 heteroatoms. The number of amides is 1. The van der Waals surface area contributed by atoms with Crippen LogP contribution in [0.2, 0.25) is 0 Å². The zero-order chi connectivity index (χ0) is 19.2. The molecule has 0 aliphatic carbocycles. The summed E-state index contributed by atoms with van der Waals surface area (Å²) in [4.78, 5) is 27.1. The number of rotatable bonds is 5. The molecule has 0 saturated carbocycles. The van der Waals surface area contributed by atoms with Gasteiger partial charge in [0.1, 0.15) is 6.61 Å². The molecule has 27 heavy (non-hydrogen) atoms. The number of hydrogen-bond donors (Lipinski definition) is 0. The molecule has 1 aliphatic heterocycles. The van der Waals surface area contributed by atoms with Crippen LogP contribution in [0.1, 0.15) is 37.4 Å². The summed E-state index contributed by atoms with van der Waals surface area (Å²) in [5, 5.41) is 0. The molecule has 142 valence electrons. The Kier molecular flexibility index (Phi) is 6.12. The first-order valence-electron chi connectivity index (χ1n) is 9.32. The van der Waals surface area contributed by atoms with E-state index >= 15 is 0 Å². The fourth-order valence-electron chi connectivity index (χ4n) is 3.68. The van der Waals surface area contributed by atoms with Gasteiger partial charge in [0.05, 0.1) is 18.6 Å². The number of carbonyl (C=O) groups excluding carboxylic acids is 2. The minimum absolute atomic E-state index is 0.118. The Morgan fingerprint density at radius 2 is 1.63 bits per heavy atom. The largest absolute Gasteiger partial charge is 0.466 e. The lowest BCUT2D eigenvalue weighted by Crippen LogP contribution is -2.37. The summed E-state index contributed by atoms with van der Waals surface area (Å²) >= 11 is 0. The number of benzene rings is 2. The van der Waals surface area contributed by atoms with E-state index in [1.807, 2.05) is 67.6 Å². The minimum Gasteiger partial charge on any atom is -0.466 e. The minimum atomic E-state index is -0.410. The van der Waals surface area contributed by atoms with E-state index in [0.717, 1.165) is 11.1 Å². The second kappa shape index (κ2) is 8.71. The second-order valence-electron chi connectivity index (χ2n) is 6.75. The monoisotopic (exact) mass is 367 g/mol. The number of likely N-dealkylation sites (tertiary alicyclic amines) is 1. The molecule has 1 amide bonds. The van der Waals surface area contributed by atoms with Gasteiger partial charge >= 0.3 is 12.1 Å². The molecule has 3 atom stereocenters. The lowest BCUT2D eigenvalue weighted by Gasteiger charge is -2.29. The quantitative estimate of drug-likeness (QED) is 0.738. The first-order chi connectivity index (χ1) is 13.1. The van der Waals surface area contributed by atoms with Crippen molar-refractivity contribution >= 4 is 12.1 Å². The van der Waals surface area contributed by atoms with Gasteiger partial charge in [-0.1, -0.05) is 60.7 Å². The van der Waals surface area contributed by atoms with Gasteiger partial charge in [0.15, 0.2) is 0 Å². The lowest BCUT2D eigenvalue weighted by molar-refractivity contribution is -0.148. The molecule has 1 aliphatic rings. The van der Waals surface area contributed by atoms with E-state index in [4.69, 9.17) is 9.47 Å². The highest BCUT2D eigenvalue weighted by Gasteiger charge is 2.47. The van der Waals surface area contributed by atoms with Gasteiger partial charge in [0.25, 0.3) is 0 Å². The van der Waals surface area contributed by atoms with Crippen molar-refractivity contribution in [2.45, 2.75) is 39.0 Å². The Morgan fingerprint density at radius 3 is 2.26 bits per heavy atom. The van der Waals surface area contributed by atoms with Crippen LogP contribution in [-0.4, -0.2) is 29.6 Å². The van der Waals surface area contributed by atoms with Crippen molar-refractivity contribution in [1.82, 2.24) is 4.90 Å². The Hall–Kier alpha value is -2.82. The number of hydrogen-bond acceptors (Lipinski definition) is 4. The fraction of sp³-hybridized carbons (Fsp3) is 0.364. The van der Waals surface area contributed by atoms with Crippen LogP contribution in [0.5, 0.6) is 0 Å². The van der Waals surface area contributed by atoms with Crippen LogP contribution in [0.3, 0.4) is 0 Å². The SMILES string of the molecule is CCOC(=O)[C@@H]1C[C@@H](C)N(C(=O)OCc2ccccc2)[C@H]1c1ccccc1. The van der Waals surface area contributed by atoms with Gasteiger partial charge in [-0.25, -0.2) is 4.79 Å². The van der Waals surface area contributed by atoms with Crippen LogP contribution < -0.4 is 0 Å². The smallest absolute Gasteiger partial charge is 0.410 e. The van der Waals surface area contributed by atoms with Gasteiger partial charge in [0.2, 0.25) is 0 Å². The van der Waals surface area contributed by atoms with Crippen LogP contribution in [0, 0.1) is 5.92 Å². The maximum absolute atomic E-state index is 12.9. The normalized spacial score (nSPS) is 21.7. The Bertz CT molecular complexity index is 762. The number of nitrogens with zero attached hydrogens (tertiary/aromatic N) is 1. The molecule has 1 fully saturated rings. The third-order valence-corrected chi connectivity index (χ3v) is 4.90. The summed E-state index contributed by atoms with van der Waals surface area (Å²) in [5.74, 6) is -0.664. The van der Waals surface area contributed by atoms with Crippen molar-refractivity contribution in [3.05, 3.63) is 71.8 Å². The molecule has 1 heterocycles. The predicted molar refractivity (Wildman–Crippen MR) is 102 cm³/mol. The van der Waals surface area contributed by atoms with E-state index in [1.54, 1.807) is 11.8 Å². The molecule has 0 unspecified atom stereocenters. The van der Waals surface area contributed by atoms with Crippen molar-refractivity contribution in [3.63, 3.8) is 0 Å². The van der Waals surface area contributed by atoms with Crippen molar-refractivity contribution in [2.24, 2.45) is 5.92 Å². The van der Waals surface area contributed by atoms with Crippen LogP contribution in [0.15, 0.2) is 60.7 Å². The number of esters is 1. The highest BCUT2D eigenvalue weighted by Crippen LogP contribution is 2.42. The lowest BCUT2D eigenvalue weighted by atomic mass is 9.93. The van der Waals surface area contributed by atoms with Crippen molar-refractivity contribution in [1.29, 1.82) is 0 Å². The van der Waals surface area contributed by atoms with Gasteiger partial charge in [-0.2, -0.15) is 0 Å². The molecule has 0 N–H and O–H groups in total. The van der Waals surface area contributed by atoms with Crippen LogP contribution >= 0.6 is 0 Å². The van der Waals surface area contributed by atoms with E-state index in [2.05, 4.69) is 0 Å². The summed E-state index contributed by atoms with van der Waals surface area (Å²) in [6.07, 6.45) is 0.144. The van der Waals surface area contributed by atoms with Gasteiger partial charge < -0.3 is 9.47 Å². The van der Waals surface area contributed by atoms with E-state index in [0.29, 0.717) is 13.0 Å². The number of carbonyl (C=O) groups is 2. The van der Waals surface area contributed by atoms with Crippen LogP contribution in [0.4, 0.5) is 4.79 Å². The molecule has 2 aromatic rings. The van der Waals surface area contributed by atoms with Crippen molar-refractivity contribution < 1.29 is 19.1 Å². The van der Waals surface area contributed by atoms with Gasteiger partial charge in [-0.05, 0) is 31.4 Å². The average Bonchev–Trinajstić information content (AvgIpc) is 3.05. The van der Waals surface area contributed by atoms with E-state index in [1.165, 1.54) is 0 Å². The van der Waals surface area contributed by atoms with Gasteiger partial charge in [0, 0.05) is 6.04 Å². The van der Waals surface area contributed by atoms with Crippen LogP contribution in [-0.2, 0) is 20.9 Å². The molecule has 0 bridgehead atoms. The maximum atomic E-state index is 12.9. The third kappa shape index (κ3) is 4.30. The highest BCUT2D eigenvalue weighted by molar-refractivity contribution is 5.77. The van der Waals surface area contributed by atoms with Gasteiger partial charge in [-0.15, -0.1) is 0 Å². The first kappa shape index (κ1) is 19.0. The zero-order valence-electron chi connectivity index (χ0n) is 15.7. The average molecular weight is 367 g/mol. The highest BCUT2D eigenvalue weighted by atomic mass is 16.6. The Labute approximate surface area is 159 Å². The Morgan fingerprint density at radius 1 is 1.00 bits per heavy atom. The van der Waals surface area contributed by atoms with E-state index < -0.39 is 12.0 Å². The molecular weight excluding hydrogens is 342 g/mol. The topological polar surface area (TPSA) is 55.8 Å².